The topological polar surface area (TPSA) is 57.0 Å². The molecule has 142 valence electrons. The molecule has 0 saturated carbocycles. The molecule has 7 heteroatoms. The largest absolute Gasteiger partial charge is 0.355 e. The minimum Gasteiger partial charge on any atom is -0.355 e. The average Bonchev–Trinajstić information content (AvgIpc) is 3.00. The van der Waals surface area contributed by atoms with Crippen molar-refractivity contribution in [2.24, 2.45) is 0 Å². The Bertz CT molecular complexity index is 1300. The fourth-order valence-electron chi connectivity index (χ4n) is 2.86. The molecular weight excluding hydrogens is 372 g/mol. The molecule has 3 rings (SSSR count). The van der Waals surface area contributed by atoms with Gasteiger partial charge in [-0.15, -0.1) is 0 Å². The van der Waals surface area contributed by atoms with Crippen LogP contribution in [0.1, 0.15) is 42.0 Å². The van der Waals surface area contributed by atoms with Crippen molar-refractivity contribution >= 4 is 46.2 Å². The van der Waals surface area contributed by atoms with Crippen molar-refractivity contribution in [3.05, 3.63) is 65.0 Å². The van der Waals surface area contributed by atoms with Gasteiger partial charge in [-0.2, -0.15) is 0 Å². The van der Waals surface area contributed by atoms with Crippen molar-refractivity contribution in [1.82, 2.24) is 5.32 Å². The Hall–Kier alpha value is -3.24. The van der Waals surface area contributed by atoms with Gasteiger partial charge in [0.15, 0.2) is 10.8 Å². The van der Waals surface area contributed by atoms with Crippen LogP contribution in [0.4, 0.5) is 17.1 Å². The maximum atomic E-state index is 13.8. The summed E-state index contributed by atoms with van der Waals surface area (Å²) in [6.07, 6.45) is 0. The zero-order valence-electron chi connectivity index (χ0n) is 23.6. The molecule has 2 amide bonds. The van der Waals surface area contributed by atoms with Gasteiger partial charge in [-0.05, 0) is 74.8 Å². The Morgan fingerprint density at radius 1 is 1.21 bits per heavy atom. The Morgan fingerprint density at radius 2 is 1.89 bits per heavy atom. The van der Waals surface area contributed by atoms with Gasteiger partial charge in [0.25, 0.3) is 11.8 Å². The lowest BCUT2D eigenvalue weighted by molar-refractivity contribution is -0.120. The molecule has 1 aliphatic rings. The Morgan fingerprint density at radius 3 is 2.46 bits per heavy atom. The molecule has 0 unspecified atom stereocenters. The molecule has 0 atom stereocenters. The Balaban J connectivity index is 2.22. The Labute approximate surface area is 182 Å². The van der Waals surface area contributed by atoms with Crippen molar-refractivity contribution < 1.29 is 21.9 Å². The summed E-state index contributed by atoms with van der Waals surface area (Å²) in [4.78, 5) is 30.9. The zero-order valence-corrected chi connectivity index (χ0v) is 15.4. The first-order valence-electron chi connectivity index (χ1n) is 12.5. The number of thiocarbonyl (C=S) groups is 1. The molecular formula is C21H20N4O2S. The second-order valence-corrected chi connectivity index (χ2v) is 6.42. The molecule has 1 fully saturated rings. The number of amides is 2. The highest BCUT2D eigenvalue weighted by Crippen LogP contribution is 2.37. The van der Waals surface area contributed by atoms with Gasteiger partial charge in [0, 0.05) is 36.3 Å². The van der Waals surface area contributed by atoms with Gasteiger partial charge in [0.2, 0.25) is 0 Å². The van der Waals surface area contributed by atoms with Crippen LogP contribution in [0.5, 0.6) is 0 Å². The van der Waals surface area contributed by atoms with E-state index in [1.807, 2.05) is 0 Å². The fourth-order valence-corrected chi connectivity index (χ4v) is 3.29. The molecule has 0 radical (unpaired) electrons. The lowest BCUT2D eigenvalue weighted by atomic mass is 10.0. The highest BCUT2D eigenvalue weighted by Gasteiger charge is 2.50. The molecule has 28 heavy (non-hydrogen) atoms. The molecule has 1 aliphatic heterocycles. The van der Waals surface area contributed by atoms with E-state index >= 15 is 0 Å². The minimum atomic E-state index is -3.41. The number of hydrogen-bond donors (Lipinski definition) is 1. The molecule has 1 saturated heterocycles. The number of aryl methyl sites for hydroxylation is 1. The van der Waals surface area contributed by atoms with E-state index in [9.17, 15) is 9.59 Å². The summed E-state index contributed by atoms with van der Waals surface area (Å²) in [5.74, 6) is -2.25. The molecule has 2 aromatic carbocycles. The van der Waals surface area contributed by atoms with E-state index in [0.29, 0.717) is 5.56 Å². The second-order valence-electron chi connectivity index (χ2n) is 6.05. The van der Waals surface area contributed by atoms with Gasteiger partial charge in [0.1, 0.15) is 5.54 Å². The maximum Gasteiger partial charge on any atom is 0.259 e. The van der Waals surface area contributed by atoms with Crippen LogP contribution in [-0.4, -0.2) is 29.4 Å². The van der Waals surface area contributed by atoms with E-state index in [-0.39, 0.29) is 22.6 Å². The molecule has 0 aromatic heterocycles. The summed E-state index contributed by atoms with van der Waals surface area (Å²) in [6.45, 7) is -0.752. The smallest absolute Gasteiger partial charge is 0.259 e. The van der Waals surface area contributed by atoms with Crippen molar-refractivity contribution in [2.45, 2.75) is 26.2 Å². The molecule has 1 N–H and O–H groups in total. The van der Waals surface area contributed by atoms with E-state index in [1.165, 1.54) is 30.3 Å². The van der Waals surface area contributed by atoms with Crippen molar-refractivity contribution in [3.8, 4) is 0 Å². The van der Waals surface area contributed by atoms with E-state index in [4.69, 9.17) is 31.1 Å². The van der Waals surface area contributed by atoms with Crippen molar-refractivity contribution in [2.75, 3.05) is 16.8 Å². The normalized spacial score (nSPS) is 21.6. The second kappa shape index (κ2) is 7.06. The third-order valence-corrected chi connectivity index (χ3v) is 4.66. The van der Waals surface area contributed by atoms with E-state index in [2.05, 4.69) is 4.85 Å². The van der Waals surface area contributed by atoms with Gasteiger partial charge >= 0.3 is 0 Å². The number of carbonyl (C=O) groups is 2. The van der Waals surface area contributed by atoms with Gasteiger partial charge < -0.3 is 10.2 Å². The van der Waals surface area contributed by atoms with Crippen LogP contribution >= 0.6 is 12.2 Å². The first-order valence-corrected chi connectivity index (χ1v) is 8.37. The summed E-state index contributed by atoms with van der Waals surface area (Å²) < 4.78 is 70.4. The summed E-state index contributed by atoms with van der Waals surface area (Å²) in [6, 6.07) is 8.86. The Kier molecular flexibility index (Phi) is 2.76. The predicted molar refractivity (Wildman–Crippen MR) is 114 cm³/mol. The molecule has 0 bridgehead atoms. The van der Waals surface area contributed by atoms with E-state index in [0.717, 1.165) is 21.9 Å². The highest BCUT2D eigenvalue weighted by molar-refractivity contribution is 7.81. The van der Waals surface area contributed by atoms with Crippen LogP contribution in [-0.2, 0) is 4.79 Å². The van der Waals surface area contributed by atoms with Gasteiger partial charge in [0.05, 0.1) is 6.57 Å². The number of benzene rings is 2. The van der Waals surface area contributed by atoms with Crippen LogP contribution in [0.15, 0.2) is 42.5 Å². The first-order chi connectivity index (χ1) is 16.9. The third-order valence-electron chi connectivity index (χ3n) is 4.29. The number of nitrogens with zero attached hydrogens (tertiary/aromatic N) is 3. The standard InChI is InChI=1S/C21H20N4O2S/c1-13-12-16(10-11-17(13)22-4)24-19(27)21(2,3)25(20(24)28)15-8-6-14(7-9-15)18(26)23-5/h6-12H,1-3,5H3,(H,23,26)/i2D3,3D3,5D3. The third kappa shape index (κ3) is 3.02. The van der Waals surface area contributed by atoms with Gasteiger partial charge in [-0.1, -0.05) is 6.07 Å². The molecule has 6 nitrogen and oxygen atoms in total. The van der Waals surface area contributed by atoms with E-state index in [1.54, 1.807) is 12.2 Å². The van der Waals surface area contributed by atoms with Crippen LogP contribution in [0.3, 0.4) is 0 Å². The number of hydrogen-bond acceptors (Lipinski definition) is 3. The quantitative estimate of drug-likeness (QED) is 0.627. The van der Waals surface area contributed by atoms with Crippen LogP contribution in [0.25, 0.3) is 4.85 Å². The van der Waals surface area contributed by atoms with Gasteiger partial charge in [-0.25, -0.2) is 4.85 Å². The number of carbonyl (C=O) groups excluding carboxylic acids is 2. The lowest BCUT2D eigenvalue weighted by Crippen LogP contribution is -2.44. The predicted octanol–water partition coefficient (Wildman–Crippen LogP) is 3.82. The van der Waals surface area contributed by atoms with E-state index < -0.39 is 43.1 Å². The number of anilines is 2. The van der Waals surface area contributed by atoms with Crippen LogP contribution in [0, 0.1) is 13.5 Å². The summed E-state index contributed by atoms with van der Waals surface area (Å²) in [5.41, 5.74) is -2.53. The van der Waals surface area contributed by atoms with Crippen LogP contribution < -0.4 is 15.1 Å². The van der Waals surface area contributed by atoms with Crippen molar-refractivity contribution in [1.29, 1.82) is 0 Å². The zero-order chi connectivity index (χ0) is 28.1. The SMILES string of the molecule is [2H]C([2H])([2H])NC(=O)c1ccc(N2C(=S)N(c3ccc([N+]#[C-])c(C)c3)C(=O)C2(C([2H])([2H])[2H])C([2H])([2H])[2H])cc1. The van der Waals surface area contributed by atoms with Crippen LogP contribution in [0.2, 0.25) is 0 Å². The molecule has 0 spiro atoms. The summed E-state index contributed by atoms with van der Waals surface area (Å²) in [5, 5.41) is 1.37. The fraction of sp³-hybridized carbons (Fsp3) is 0.238. The number of nitrogens with one attached hydrogen (secondary N) is 1. The van der Waals surface area contributed by atoms with Crippen molar-refractivity contribution in [3.63, 3.8) is 0 Å². The molecule has 2 aromatic rings. The lowest BCUT2D eigenvalue weighted by Gasteiger charge is -2.29. The summed E-state index contributed by atoms with van der Waals surface area (Å²) in [7, 11) is 0. The molecule has 1 heterocycles. The summed E-state index contributed by atoms with van der Waals surface area (Å²) >= 11 is 5.47. The number of rotatable bonds is 3. The molecule has 0 aliphatic carbocycles. The first kappa shape index (κ1) is 10.9. The highest BCUT2D eigenvalue weighted by atomic mass is 32.1. The maximum absolute atomic E-state index is 13.8. The minimum absolute atomic E-state index is 0.0777. The van der Waals surface area contributed by atoms with Gasteiger partial charge in [-0.3, -0.25) is 14.5 Å². The average molecular weight is 402 g/mol. The monoisotopic (exact) mass is 401 g/mol.